The largest absolute Gasteiger partial charge is 0.457 e. The number of anilines is 1. The maximum atomic E-state index is 12.4. The van der Waals surface area contributed by atoms with Gasteiger partial charge in [0.25, 0.3) is 11.6 Å². The number of hydrogen-bond donors (Lipinski definition) is 1. The predicted molar refractivity (Wildman–Crippen MR) is 120 cm³/mol. The van der Waals surface area contributed by atoms with Gasteiger partial charge in [0.15, 0.2) is 0 Å². The molecule has 0 spiro atoms. The molecule has 2 aromatic carbocycles. The van der Waals surface area contributed by atoms with Gasteiger partial charge in [0, 0.05) is 31.8 Å². The summed E-state index contributed by atoms with van der Waals surface area (Å²) in [5.41, 5.74) is 1.05. The number of benzene rings is 2. The number of nitro groups is 1. The molecule has 9 heteroatoms. The lowest BCUT2D eigenvalue weighted by atomic mass is 10.1. The number of furan rings is 1. The minimum Gasteiger partial charge on any atom is -0.457 e. The Kier molecular flexibility index (Phi) is 6.46. The lowest BCUT2D eigenvalue weighted by molar-refractivity contribution is -0.384. The second-order valence-corrected chi connectivity index (χ2v) is 7.74. The van der Waals surface area contributed by atoms with E-state index in [1.807, 2.05) is 18.2 Å². The molecule has 0 bridgehead atoms. The predicted octanol–water partition coefficient (Wildman–Crippen LogP) is 5.77. The first-order valence-electron chi connectivity index (χ1n) is 8.11. The van der Waals surface area contributed by atoms with Crippen molar-refractivity contribution in [2.75, 3.05) is 5.32 Å². The van der Waals surface area contributed by atoms with Gasteiger partial charge in [0.05, 0.1) is 10.6 Å². The number of nitrogens with zero attached hydrogens (tertiary/aromatic N) is 2. The number of nitro benzene ring substituents is 1. The van der Waals surface area contributed by atoms with E-state index in [1.54, 1.807) is 30.3 Å². The van der Waals surface area contributed by atoms with Crippen molar-refractivity contribution in [3.05, 3.63) is 84.1 Å². The third kappa shape index (κ3) is 4.90. The fourth-order valence-electron chi connectivity index (χ4n) is 2.44. The smallest absolute Gasteiger partial charge is 0.270 e. The molecule has 0 saturated heterocycles. The van der Waals surface area contributed by atoms with Gasteiger partial charge in [-0.05, 0) is 68.9 Å². The topological polar surface area (TPSA) is 109 Å². The third-order valence-electron chi connectivity index (χ3n) is 3.83. The van der Waals surface area contributed by atoms with Crippen molar-refractivity contribution in [3.63, 3.8) is 0 Å². The van der Waals surface area contributed by atoms with Gasteiger partial charge in [0.1, 0.15) is 23.2 Å². The highest BCUT2D eigenvalue weighted by Gasteiger charge is 2.15. The Labute approximate surface area is 187 Å². The van der Waals surface area contributed by atoms with Crippen molar-refractivity contribution >= 4 is 61.9 Å². The molecule has 0 aliphatic rings. The number of rotatable bonds is 5. The Morgan fingerprint density at radius 3 is 2.66 bits per heavy atom. The van der Waals surface area contributed by atoms with E-state index in [0.29, 0.717) is 27.2 Å². The lowest BCUT2D eigenvalue weighted by Crippen LogP contribution is -2.14. The molecule has 1 N–H and O–H groups in total. The Hall–Kier alpha value is -2.97. The summed E-state index contributed by atoms with van der Waals surface area (Å²) < 4.78 is 7.04. The van der Waals surface area contributed by atoms with E-state index < -0.39 is 10.8 Å². The van der Waals surface area contributed by atoms with Crippen LogP contribution in [0.3, 0.4) is 0 Å². The molecule has 1 heterocycles. The standard InChI is InChI=1S/C20H11BrIN3O4/c21-16-10-13(25(27)28)5-7-15(16)19-8-6-14(29-19)9-12(11-23)20(26)24-18-4-2-1-3-17(18)22/h1-10H,(H,24,26)/b12-9-. The molecule has 1 aromatic heterocycles. The molecule has 3 rings (SSSR count). The van der Waals surface area contributed by atoms with Crippen LogP contribution in [-0.4, -0.2) is 10.8 Å². The summed E-state index contributed by atoms with van der Waals surface area (Å²) in [5, 5.41) is 22.9. The minimum atomic E-state index is -0.550. The normalized spacial score (nSPS) is 11.0. The van der Waals surface area contributed by atoms with Gasteiger partial charge in [-0.2, -0.15) is 5.26 Å². The minimum absolute atomic E-state index is 0.0497. The first-order chi connectivity index (χ1) is 13.9. The van der Waals surface area contributed by atoms with Gasteiger partial charge in [-0.1, -0.05) is 12.1 Å². The average Bonchev–Trinajstić information content (AvgIpc) is 3.16. The first-order valence-corrected chi connectivity index (χ1v) is 9.98. The first kappa shape index (κ1) is 20.8. The van der Waals surface area contributed by atoms with Crippen molar-refractivity contribution in [2.45, 2.75) is 0 Å². The number of non-ortho nitro benzene ring substituents is 1. The van der Waals surface area contributed by atoms with Crippen LogP contribution in [-0.2, 0) is 4.79 Å². The van der Waals surface area contributed by atoms with Crippen LogP contribution in [0.2, 0.25) is 0 Å². The van der Waals surface area contributed by atoms with Gasteiger partial charge < -0.3 is 9.73 Å². The number of nitrogens with one attached hydrogen (secondary N) is 1. The maximum absolute atomic E-state index is 12.4. The number of carbonyl (C=O) groups excluding carboxylic acids is 1. The highest BCUT2D eigenvalue weighted by Crippen LogP contribution is 2.33. The Morgan fingerprint density at radius 2 is 2.00 bits per heavy atom. The molecule has 0 aliphatic heterocycles. The summed E-state index contributed by atoms with van der Waals surface area (Å²) in [6.07, 6.45) is 1.34. The molecule has 29 heavy (non-hydrogen) atoms. The Balaban J connectivity index is 1.84. The molecule has 0 fully saturated rings. The van der Waals surface area contributed by atoms with Crippen LogP contribution in [0.5, 0.6) is 0 Å². The van der Waals surface area contributed by atoms with E-state index in [0.717, 1.165) is 3.57 Å². The third-order valence-corrected chi connectivity index (χ3v) is 5.43. The fourth-order valence-corrected chi connectivity index (χ4v) is 3.52. The summed E-state index contributed by atoms with van der Waals surface area (Å²) in [6, 6.07) is 16.7. The fraction of sp³-hybridized carbons (Fsp3) is 0. The lowest BCUT2D eigenvalue weighted by Gasteiger charge is -2.05. The van der Waals surface area contributed by atoms with Gasteiger partial charge in [-0.25, -0.2) is 0 Å². The molecule has 7 nitrogen and oxygen atoms in total. The van der Waals surface area contributed by atoms with Crippen LogP contribution in [0.4, 0.5) is 11.4 Å². The van der Waals surface area contributed by atoms with E-state index in [1.165, 1.54) is 18.2 Å². The van der Waals surface area contributed by atoms with Gasteiger partial charge in [0.2, 0.25) is 0 Å². The van der Waals surface area contributed by atoms with E-state index in [2.05, 4.69) is 43.8 Å². The van der Waals surface area contributed by atoms with E-state index in [-0.39, 0.29) is 11.3 Å². The van der Waals surface area contributed by atoms with E-state index in [9.17, 15) is 20.2 Å². The number of nitriles is 1. The number of halogens is 2. The molecule has 1 amide bonds. The molecule has 144 valence electrons. The summed E-state index contributed by atoms with van der Waals surface area (Å²) >= 11 is 5.39. The van der Waals surface area contributed by atoms with Gasteiger partial charge in [-0.15, -0.1) is 0 Å². The highest BCUT2D eigenvalue weighted by molar-refractivity contribution is 14.1. The summed E-state index contributed by atoms with van der Waals surface area (Å²) in [5.74, 6) is 0.194. The second-order valence-electron chi connectivity index (χ2n) is 5.73. The summed E-state index contributed by atoms with van der Waals surface area (Å²) in [6.45, 7) is 0. The van der Waals surface area contributed by atoms with Crippen LogP contribution in [0, 0.1) is 25.0 Å². The molecule has 0 radical (unpaired) electrons. The van der Waals surface area contributed by atoms with Crippen LogP contribution < -0.4 is 5.32 Å². The van der Waals surface area contributed by atoms with Crippen molar-refractivity contribution in [1.29, 1.82) is 5.26 Å². The second kappa shape index (κ2) is 9.02. The number of para-hydroxylation sites is 1. The molecule has 0 aliphatic carbocycles. The molecule has 3 aromatic rings. The zero-order valence-corrected chi connectivity index (χ0v) is 18.3. The summed E-state index contributed by atoms with van der Waals surface area (Å²) in [4.78, 5) is 22.8. The van der Waals surface area contributed by atoms with E-state index >= 15 is 0 Å². The van der Waals surface area contributed by atoms with Crippen molar-refractivity contribution in [3.8, 4) is 17.4 Å². The average molecular weight is 564 g/mol. The molecular formula is C20H11BrIN3O4. The monoisotopic (exact) mass is 563 g/mol. The van der Waals surface area contributed by atoms with Crippen LogP contribution in [0.25, 0.3) is 17.4 Å². The van der Waals surface area contributed by atoms with Crippen molar-refractivity contribution < 1.29 is 14.1 Å². The molecule has 0 saturated carbocycles. The number of carbonyl (C=O) groups is 1. The SMILES string of the molecule is N#C/C(=C/c1ccc(-c2ccc([N+](=O)[O-])cc2Br)o1)C(=O)Nc1ccccc1I. The number of hydrogen-bond acceptors (Lipinski definition) is 5. The molecule has 0 unspecified atom stereocenters. The van der Waals surface area contributed by atoms with Crippen molar-refractivity contribution in [1.82, 2.24) is 0 Å². The summed E-state index contributed by atoms with van der Waals surface area (Å²) in [7, 11) is 0. The zero-order valence-electron chi connectivity index (χ0n) is 14.6. The van der Waals surface area contributed by atoms with Crippen LogP contribution in [0.15, 0.2) is 69.1 Å². The quantitative estimate of drug-likeness (QED) is 0.139. The maximum Gasteiger partial charge on any atom is 0.270 e. The molecule has 0 atom stereocenters. The van der Waals surface area contributed by atoms with E-state index in [4.69, 9.17) is 4.42 Å². The van der Waals surface area contributed by atoms with Gasteiger partial charge in [-0.3, -0.25) is 14.9 Å². The van der Waals surface area contributed by atoms with Gasteiger partial charge >= 0.3 is 0 Å². The van der Waals surface area contributed by atoms with Crippen LogP contribution >= 0.6 is 38.5 Å². The van der Waals surface area contributed by atoms with Crippen molar-refractivity contribution in [2.24, 2.45) is 0 Å². The molecular weight excluding hydrogens is 553 g/mol. The number of amides is 1. The van der Waals surface area contributed by atoms with Crippen LogP contribution in [0.1, 0.15) is 5.76 Å². The Bertz CT molecular complexity index is 1180. The highest BCUT2D eigenvalue weighted by atomic mass is 127. The zero-order chi connectivity index (χ0) is 21.0. The Morgan fingerprint density at radius 1 is 1.24 bits per heavy atom.